The molecule has 2 aliphatic rings. The number of rotatable bonds is 6. The van der Waals surface area contributed by atoms with Crippen LogP contribution in [0.2, 0.25) is 0 Å². The van der Waals surface area contributed by atoms with E-state index < -0.39 is 0 Å². The Bertz CT molecular complexity index is 893. The van der Waals surface area contributed by atoms with Crippen LogP contribution < -0.4 is 15.4 Å². The fraction of sp³-hybridized carbons (Fsp3) is 0.500. The lowest BCUT2D eigenvalue weighted by Gasteiger charge is -2.21. The zero-order chi connectivity index (χ0) is 20.8. The van der Waals surface area contributed by atoms with Crippen molar-refractivity contribution >= 4 is 46.6 Å². The van der Waals surface area contributed by atoms with Gasteiger partial charge in [-0.25, -0.2) is 0 Å². The Morgan fingerprint density at radius 2 is 1.90 bits per heavy atom. The fourth-order valence-electron chi connectivity index (χ4n) is 4.55. The molecule has 2 fully saturated rings. The topological polar surface area (TPSA) is 66.0 Å². The molecule has 31 heavy (non-hydrogen) atoms. The van der Waals surface area contributed by atoms with E-state index in [0.717, 1.165) is 49.4 Å². The van der Waals surface area contributed by atoms with Crippen LogP contribution in [-0.4, -0.2) is 56.1 Å². The second-order valence-corrected chi connectivity index (χ2v) is 8.22. The van der Waals surface area contributed by atoms with Crippen molar-refractivity contribution in [3.05, 3.63) is 42.5 Å². The number of fused-ring (bicyclic) bond motifs is 1. The molecular weight excluding hydrogens is 503 g/mol. The highest BCUT2D eigenvalue weighted by Crippen LogP contribution is 2.28. The summed E-state index contributed by atoms with van der Waals surface area (Å²) in [5, 5.41) is 9.09. The van der Waals surface area contributed by atoms with E-state index >= 15 is 0 Å². The van der Waals surface area contributed by atoms with Crippen molar-refractivity contribution in [1.29, 1.82) is 0 Å². The molecule has 2 N–H and O–H groups in total. The van der Waals surface area contributed by atoms with Gasteiger partial charge >= 0.3 is 0 Å². The number of aliphatic imine (C=N–C) groups is 1. The molecule has 1 aliphatic carbocycles. The first-order chi connectivity index (χ1) is 14.7. The molecule has 168 valence electrons. The summed E-state index contributed by atoms with van der Waals surface area (Å²) in [5.41, 5.74) is 0. The Labute approximate surface area is 201 Å². The van der Waals surface area contributed by atoms with Crippen molar-refractivity contribution in [3.63, 3.8) is 0 Å². The molecule has 1 heterocycles. The van der Waals surface area contributed by atoms with Crippen molar-refractivity contribution in [2.45, 2.75) is 38.1 Å². The highest BCUT2D eigenvalue weighted by molar-refractivity contribution is 14.0. The van der Waals surface area contributed by atoms with Gasteiger partial charge in [-0.2, -0.15) is 0 Å². The summed E-state index contributed by atoms with van der Waals surface area (Å²) in [6.07, 6.45) is 5.49. The molecule has 7 heteroatoms. The Balaban J connectivity index is 0.00000272. The average Bonchev–Trinajstić information content (AvgIpc) is 3.48. The minimum absolute atomic E-state index is 0. The van der Waals surface area contributed by atoms with Crippen LogP contribution in [0.3, 0.4) is 0 Å². The van der Waals surface area contributed by atoms with Gasteiger partial charge in [-0.15, -0.1) is 24.0 Å². The SMILES string of the molecule is CN=C(NCCOc1cccc2ccccc12)NC1CCN(C(=O)C2CCCC2)C1.I. The molecule has 0 aromatic heterocycles. The number of nitrogens with zero attached hydrogens (tertiary/aromatic N) is 2. The molecule has 1 saturated heterocycles. The standard InChI is InChI=1S/C24H32N4O2.HI/c1-25-24(27-20-13-15-28(17-20)23(29)19-8-2-3-9-19)26-14-16-30-22-12-6-10-18-7-4-5-11-21(18)22;/h4-7,10-12,19-20H,2-3,8-9,13-17H2,1H3,(H2,25,26,27);1H. The van der Waals surface area contributed by atoms with Gasteiger partial charge in [0.2, 0.25) is 5.91 Å². The quantitative estimate of drug-likeness (QED) is 0.255. The number of hydrogen-bond acceptors (Lipinski definition) is 3. The summed E-state index contributed by atoms with van der Waals surface area (Å²) in [5.74, 6) is 2.27. The van der Waals surface area contributed by atoms with Crippen LogP contribution in [0, 0.1) is 5.92 Å². The van der Waals surface area contributed by atoms with E-state index in [9.17, 15) is 4.79 Å². The molecule has 1 saturated carbocycles. The zero-order valence-electron chi connectivity index (χ0n) is 18.2. The van der Waals surface area contributed by atoms with Gasteiger partial charge in [-0.3, -0.25) is 9.79 Å². The van der Waals surface area contributed by atoms with Crippen molar-refractivity contribution in [2.24, 2.45) is 10.9 Å². The van der Waals surface area contributed by atoms with E-state index in [1.165, 1.54) is 18.2 Å². The Morgan fingerprint density at radius 3 is 2.71 bits per heavy atom. The van der Waals surface area contributed by atoms with Gasteiger partial charge in [0, 0.05) is 37.5 Å². The average molecular weight is 536 g/mol. The molecule has 2 aromatic carbocycles. The summed E-state index contributed by atoms with van der Waals surface area (Å²) in [6, 6.07) is 14.6. The molecule has 0 spiro atoms. The second-order valence-electron chi connectivity index (χ2n) is 8.22. The number of amides is 1. The van der Waals surface area contributed by atoms with Crippen molar-refractivity contribution in [1.82, 2.24) is 15.5 Å². The third kappa shape index (κ3) is 6.02. The predicted octanol–water partition coefficient (Wildman–Crippen LogP) is 3.79. The predicted molar refractivity (Wildman–Crippen MR) is 136 cm³/mol. The van der Waals surface area contributed by atoms with Crippen LogP contribution >= 0.6 is 24.0 Å². The lowest BCUT2D eigenvalue weighted by Crippen LogP contribution is -2.46. The number of halogens is 1. The minimum Gasteiger partial charge on any atom is -0.491 e. The van der Waals surface area contributed by atoms with Gasteiger partial charge in [0.1, 0.15) is 12.4 Å². The van der Waals surface area contributed by atoms with Gasteiger partial charge in [0.05, 0.1) is 6.54 Å². The molecule has 1 atom stereocenters. The van der Waals surface area contributed by atoms with E-state index in [1.807, 2.05) is 29.2 Å². The van der Waals surface area contributed by atoms with Gasteiger partial charge in [-0.1, -0.05) is 49.2 Å². The number of carbonyl (C=O) groups excluding carboxylic acids is 1. The number of hydrogen-bond donors (Lipinski definition) is 2. The maximum absolute atomic E-state index is 12.6. The first-order valence-electron chi connectivity index (χ1n) is 11.1. The Hall–Kier alpha value is -2.03. The van der Waals surface area contributed by atoms with Gasteiger partial charge in [0.25, 0.3) is 0 Å². The van der Waals surface area contributed by atoms with Gasteiger partial charge < -0.3 is 20.3 Å². The monoisotopic (exact) mass is 536 g/mol. The highest BCUT2D eigenvalue weighted by Gasteiger charge is 2.32. The highest BCUT2D eigenvalue weighted by atomic mass is 127. The van der Waals surface area contributed by atoms with E-state index in [1.54, 1.807) is 7.05 Å². The zero-order valence-corrected chi connectivity index (χ0v) is 20.5. The van der Waals surface area contributed by atoms with Crippen molar-refractivity contribution in [3.8, 4) is 5.75 Å². The lowest BCUT2D eigenvalue weighted by molar-refractivity contribution is -0.134. The van der Waals surface area contributed by atoms with Crippen LogP contribution in [0.5, 0.6) is 5.75 Å². The van der Waals surface area contributed by atoms with E-state index in [4.69, 9.17) is 4.74 Å². The summed E-state index contributed by atoms with van der Waals surface area (Å²) in [4.78, 5) is 19.0. The molecular formula is C24H33IN4O2. The normalized spacial score (nSPS) is 19.3. The third-order valence-electron chi connectivity index (χ3n) is 6.17. The van der Waals surface area contributed by atoms with Crippen LogP contribution in [0.1, 0.15) is 32.1 Å². The van der Waals surface area contributed by atoms with Crippen LogP contribution in [0.4, 0.5) is 0 Å². The Kier molecular flexibility index (Phi) is 8.80. The van der Waals surface area contributed by atoms with Crippen LogP contribution in [0.15, 0.2) is 47.5 Å². The number of nitrogens with one attached hydrogen (secondary N) is 2. The van der Waals surface area contributed by atoms with E-state index in [-0.39, 0.29) is 35.9 Å². The first-order valence-corrected chi connectivity index (χ1v) is 11.1. The molecule has 1 amide bonds. The summed E-state index contributed by atoms with van der Waals surface area (Å²) < 4.78 is 5.99. The molecule has 1 aliphatic heterocycles. The third-order valence-corrected chi connectivity index (χ3v) is 6.17. The fourth-order valence-corrected chi connectivity index (χ4v) is 4.55. The van der Waals surface area contributed by atoms with Crippen molar-refractivity contribution in [2.75, 3.05) is 33.3 Å². The van der Waals surface area contributed by atoms with Crippen LogP contribution in [-0.2, 0) is 4.79 Å². The number of guanidine groups is 1. The van der Waals surface area contributed by atoms with E-state index in [0.29, 0.717) is 19.1 Å². The molecule has 2 aromatic rings. The summed E-state index contributed by atoms with van der Waals surface area (Å²) in [6.45, 7) is 2.81. The molecule has 0 bridgehead atoms. The molecule has 6 nitrogen and oxygen atoms in total. The number of ether oxygens (including phenoxy) is 1. The largest absolute Gasteiger partial charge is 0.491 e. The maximum atomic E-state index is 12.6. The minimum atomic E-state index is 0. The summed E-state index contributed by atoms with van der Waals surface area (Å²) >= 11 is 0. The Morgan fingerprint density at radius 1 is 1.13 bits per heavy atom. The van der Waals surface area contributed by atoms with Gasteiger partial charge in [0.15, 0.2) is 5.96 Å². The molecule has 4 rings (SSSR count). The van der Waals surface area contributed by atoms with Crippen molar-refractivity contribution < 1.29 is 9.53 Å². The van der Waals surface area contributed by atoms with Gasteiger partial charge in [-0.05, 0) is 30.7 Å². The smallest absolute Gasteiger partial charge is 0.225 e. The molecule has 1 unspecified atom stereocenters. The van der Waals surface area contributed by atoms with E-state index in [2.05, 4.69) is 33.8 Å². The number of carbonyl (C=O) groups is 1. The second kappa shape index (κ2) is 11.5. The van der Waals surface area contributed by atoms with Crippen LogP contribution in [0.25, 0.3) is 10.8 Å². The number of benzene rings is 2. The maximum Gasteiger partial charge on any atom is 0.225 e. The summed E-state index contributed by atoms with van der Waals surface area (Å²) in [7, 11) is 1.78. The lowest BCUT2D eigenvalue weighted by atomic mass is 10.1. The first kappa shape index (κ1) is 23.6. The molecule has 0 radical (unpaired) electrons. The number of likely N-dealkylation sites (tertiary alicyclic amines) is 1.